The van der Waals surface area contributed by atoms with E-state index in [2.05, 4.69) is 5.32 Å². The number of hydrogen-bond donors (Lipinski definition) is 2. The molecule has 1 fully saturated rings. The number of aliphatic carboxylic acids is 1. The third kappa shape index (κ3) is 4.89. The number of urea groups is 1. The van der Waals surface area contributed by atoms with Crippen molar-refractivity contribution in [1.29, 1.82) is 0 Å². The van der Waals surface area contributed by atoms with Gasteiger partial charge >= 0.3 is 12.0 Å². The molecule has 1 aliphatic rings. The van der Waals surface area contributed by atoms with Crippen molar-refractivity contribution in [1.82, 2.24) is 10.2 Å². The van der Waals surface area contributed by atoms with Crippen molar-refractivity contribution in [3.63, 3.8) is 0 Å². The van der Waals surface area contributed by atoms with Crippen LogP contribution in [0.15, 0.2) is 12.2 Å². The fraction of sp³-hybridized carbons (Fsp3) is 0.667. The molecular formula is C12H20N2O3. The Morgan fingerprint density at radius 3 is 2.94 bits per heavy atom. The first-order chi connectivity index (χ1) is 8.13. The van der Waals surface area contributed by atoms with Crippen molar-refractivity contribution in [2.75, 3.05) is 19.6 Å². The number of nitrogens with one attached hydrogen (secondary N) is 1. The van der Waals surface area contributed by atoms with Crippen LogP contribution in [0.1, 0.15) is 26.2 Å². The average molecular weight is 240 g/mol. The molecular weight excluding hydrogens is 220 g/mol. The number of carbonyl (C=O) groups is 2. The van der Waals surface area contributed by atoms with Crippen LogP contribution in [0.2, 0.25) is 0 Å². The number of rotatable bonds is 5. The lowest BCUT2D eigenvalue weighted by Gasteiger charge is -2.16. The van der Waals surface area contributed by atoms with Gasteiger partial charge in [-0.3, -0.25) is 4.79 Å². The molecule has 0 radical (unpaired) electrons. The third-order valence-corrected chi connectivity index (χ3v) is 2.86. The maximum Gasteiger partial charge on any atom is 0.317 e. The molecule has 2 N–H and O–H groups in total. The first-order valence-corrected chi connectivity index (χ1v) is 5.99. The van der Waals surface area contributed by atoms with Crippen LogP contribution in [0.5, 0.6) is 0 Å². The van der Waals surface area contributed by atoms with Gasteiger partial charge in [0, 0.05) is 26.1 Å². The predicted octanol–water partition coefficient (Wildman–Crippen LogP) is 1.46. The zero-order chi connectivity index (χ0) is 12.7. The summed E-state index contributed by atoms with van der Waals surface area (Å²) in [6.45, 7) is 3.79. The standard InChI is InChI=1S/C12H20N2O3/c1-2-3-4-6-13-12(17)14-7-5-10(9-14)8-11(15)16/h2-3,10H,4-9H2,1H3,(H,13,17)(H,15,16)/b3-2+. The highest BCUT2D eigenvalue weighted by Crippen LogP contribution is 2.19. The fourth-order valence-corrected chi connectivity index (χ4v) is 1.97. The SMILES string of the molecule is C/C=C/CCNC(=O)N1CCC(CC(=O)O)C1. The van der Waals surface area contributed by atoms with Gasteiger partial charge in [0.1, 0.15) is 0 Å². The van der Waals surface area contributed by atoms with Crippen LogP contribution >= 0.6 is 0 Å². The van der Waals surface area contributed by atoms with Gasteiger partial charge in [0.15, 0.2) is 0 Å². The Bertz CT molecular complexity index is 302. The van der Waals surface area contributed by atoms with Crippen molar-refractivity contribution in [3.05, 3.63) is 12.2 Å². The van der Waals surface area contributed by atoms with Gasteiger partial charge in [-0.15, -0.1) is 0 Å². The highest BCUT2D eigenvalue weighted by molar-refractivity contribution is 5.74. The minimum Gasteiger partial charge on any atom is -0.481 e. The van der Waals surface area contributed by atoms with Gasteiger partial charge in [0.05, 0.1) is 0 Å². The van der Waals surface area contributed by atoms with Gasteiger partial charge in [-0.05, 0) is 25.7 Å². The van der Waals surface area contributed by atoms with E-state index in [1.807, 2.05) is 19.1 Å². The molecule has 5 heteroatoms. The van der Waals surface area contributed by atoms with E-state index in [-0.39, 0.29) is 18.4 Å². The molecule has 96 valence electrons. The summed E-state index contributed by atoms with van der Waals surface area (Å²) in [5.74, 6) is -0.681. The van der Waals surface area contributed by atoms with Crippen molar-refractivity contribution in [2.45, 2.75) is 26.2 Å². The first kappa shape index (κ1) is 13.5. The van der Waals surface area contributed by atoms with E-state index in [9.17, 15) is 9.59 Å². The van der Waals surface area contributed by atoms with Gasteiger partial charge < -0.3 is 15.3 Å². The molecule has 2 amide bonds. The second-order valence-electron chi connectivity index (χ2n) is 4.29. The molecule has 1 unspecified atom stereocenters. The van der Waals surface area contributed by atoms with E-state index in [1.165, 1.54) is 0 Å². The maximum absolute atomic E-state index is 11.7. The van der Waals surface area contributed by atoms with Gasteiger partial charge in [0.25, 0.3) is 0 Å². The van der Waals surface area contributed by atoms with E-state index in [0.29, 0.717) is 19.6 Å². The summed E-state index contributed by atoms with van der Waals surface area (Å²) < 4.78 is 0. The normalized spacial score (nSPS) is 19.8. The number of amides is 2. The summed E-state index contributed by atoms with van der Waals surface area (Å²) in [4.78, 5) is 23.9. The minimum atomic E-state index is -0.787. The molecule has 0 aromatic carbocycles. The number of nitrogens with zero attached hydrogens (tertiary/aromatic N) is 1. The summed E-state index contributed by atoms with van der Waals surface area (Å²) >= 11 is 0. The van der Waals surface area contributed by atoms with E-state index in [1.54, 1.807) is 4.90 Å². The van der Waals surface area contributed by atoms with Crippen LogP contribution in [0, 0.1) is 5.92 Å². The first-order valence-electron chi connectivity index (χ1n) is 5.99. The molecule has 0 aliphatic carbocycles. The van der Waals surface area contributed by atoms with Gasteiger partial charge in [0.2, 0.25) is 0 Å². The van der Waals surface area contributed by atoms with Crippen molar-refractivity contribution >= 4 is 12.0 Å². The quantitative estimate of drug-likeness (QED) is 0.564. The Hall–Kier alpha value is -1.52. The highest BCUT2D eigenvalue weighted by atomic mass is 16.4. The van der Waals surface area contributed by atoms with Crippen molar-refractivity contribution in [3.8, 4) is 0 Å². The number of carboxylic acid groups (broad SMARTS) is 1. The van der Waals surface area contributed by atoms with Crippen LogP contribution in [0.25, 0.3) is 0 Å². The van der Waals surface area contributed by atoms with Gasteiger partial charge in [-0.2, -0.15) is 0 Å². The van der Waals surface area contributed by atoms with Gasteiger partial charge in [-0.1, -0.05) is 12.2 Å². The Balaban J connectivity index is 2.23. The minimum absolute atomic E-state index is 0.0811. The second kappa shape index (κ2) is 6.93. The lowest BCUT2D eigenvalue weighted by atomic mass is 10.1. The number of allylic oxidation sites excluding steroid dienone is 1. The molecule has 0 saturated carbocycles. The van der Waals surface area contributed by atoms with E-state index in [4.69, 9.17) is 5.11 Å². The highest BCUT2D eigenvalue weighted by Gasteiger charge is 2.27. The molecule has 0 bridgehead atoms. The summed E-state index contributed by atoms with van der Waals surface area (Å²) in [6, 6.07) is -0.0811. The summed E-state index contributed by atoms with van der Waals surface area (Å²) in [6.07, 6.45) is 5.72. The monoisotopic (exact) mass is 240 g/mol. The summed E-state index contributed by atoms with van der Waals surface area (Å²) in [7, 11) is 0. The molecule has 0 aromatic heterocycles. The van der Waals surface area contributed by atoms with Crippen LogP contribution in [0.4, 0.5) is 4.79 Å². The largest absolute Gasteiger partial charge is 0.481 e. The van der Waals surface area contributed by atoms with Crippen LogP contribution in [-0.2, 0) is 4.79 Å². The topological polar surface area (TPSA) is 69.6 Å². The van der Waals surface area contributed by atoms with Gasteiger partial charge in [-0.25, -0.2) is 4.79 Å². The van der Waals surface area contributed by atoms with Crippen LogP contribution in [0.3, 0.4) is 0 Å². The number of hydrogen-bond acceptors (Lipinski definition) is 2. The molecule has 0 aromatic rings. The fourth-order valence-electron chi connectivity index (χ4n) is 1.97. The molecule has 1 rings (SSSR count). The molecule has 1 aliphatic heterocycles. The number of carbonyl (C=O) groups excluding carboxylic acids is 1. The Morgan fingerprint density at radius 1 is 1.53 bits per heavy atom. The zero-order valence-electron chi connectivity index (χ0n) is 10.2. The second-order valence-corrected chi connectivity index (χ2v) is 4.29. The lowest BCUT2D eigenvalue weighted by molar-refractivity contribution is -0.138. The van der Waals surface area contributed by atoms with E-state index < -0.39 is 5.97 Å². The Morgan fingerprint density at radius 2 is 2.29 bits per heavy atom. The van der Waals surface area contributed by atoms with E-state index >= 15 is 0 Å². The molecule has 17 heavy (non-hydrogen) atoms. The van der Waals surface area contributed by atoms with Crippen molar-refractivity contribution in [2.24, 2.45) is 5.92 Å². The van der Waals surface area contributed by atoms with E-state index in [0.717, 1.165) is 12.8 Å². The third-order valence-electron chi connectivity index (χ3n) is 2.86. The average Bonchev–Trinajstić information content (AvgIpc) is 2.71. The summed E-state index contributed by atoms with van der Waals surface area (Å²) in [5.41, 5.74) is 0. The lowest BCUT2D eigenvalue weighted by Crippen LogP contribution is -2.38. The van der Waals surface area contributed by atoms with Crippen molar-refractivity contribution < 1.29 is 14.7 Å². The molecule has 1 heterocycles. The predicted molar refractivity (Wildman–Crippen MR) is 64.8 cm³/mol. The smallest absolute Gasteiger partial charge is 0.317 e. The number of likely N-dealkylation sites (tertiary alicyclic amines) is 1. The molecule has 5 nitrogen and oxygen atoms in total. The molecule has 1 saturated heterocycles. The molecule has 1 atom stereocenters. The Kier molecular flexibility index (Phi) is 5.52. The molecule has 0 spiro atoms. The maximum atomic E-state index is 11.7. The van der Waals surface area contributed by atoms with Crippen LogP contribution in [-0.4, -0.2) is 41.6 Å². The van der Waals surface area contributed by atoms with Crippen LogP contribution < -0.4 is 5.32 Å². The summed E-state index contributed by atoms with van der Waals surface area (Å²) in [5, 5.41) is 11.5. The Labute approximate surface area is 101 Å². The zero-order valence-corrected chi connectivity index (χ0v) is 10.2. The number of carboxylic acids is 1.